The van der Waals surface area contributed by atoms with Crippen LogP contribution in [0.4, 0.5) is 4.39 Å². The van der Waals surface area contributed by atoms with Crippen LogP contribution in [0.5, 0.6) is 5.75 Å². The summed E-state index contributed by atoms with van der Waals surface area (Å²) in [4.78, 5) is 10.7. The molecule has 0 fully saturated rings. The zero-order chi connectivity index (χ0) is 12.3. The number of carboxylic acid groups (broad SMARTS) is 1. The lowest BCUT2D eigenvalue weighted by atomic mass is 10.0. The van der Waals surface area contributed by atoms with Crippen LogP contribution in [0.15, 0.2) is 16.6 Å². The molecule has 1 unspecified atom stereocenters. The highest BCUT2D eigenvalue weighted by atomic mass is 79.9. The predicted molar refractivity (Wildman–Crippen MR) is 61.2 cm³/mol. The van der Waals surface area contributed by atoms with E-state index in [0.29, 0.717) is 10.0 Å². The second kappa shape index (κ2) is 5.30. The number of hydrogen-bond acceptors (Lipinski definition) is 2. The Morgan fingerprint density at radius 2 is 2.25 bits per heavy atom. The Morgan fingerprint density at radius 1 is 1.62 bits per heavy atom. The molecule has 1 aromatic rings. The summed E-state index contributed by atoms with van der Waals surface area (Å²) < 4.78 is 19.0. The Hall–Kier alpha value is -1.10. The van der Waals surface area contributed by atoms with Crippen LogP contribution < -0.4 is 4.74 Å². The quantitative estimate of drug-likeness (QED) is 0.927. The van der Waals surface area contributed by atoms with Crippen LogP contribution in [-0.4, -0.2) is 18.2 Å². The molecule has 5 heteroatoms. The molecule has 0 aliphatic rings. The number of methoxy groups -OCH3 is 1. The van der Waals surface area contributed by atoms with E-state index in [4.69, 9.17) is 9.84 Å². The standard InChI is InChI=1S/C11H12BrFO3/c1-6(11(14)15)3-7-4-8(12)5-9(13)10(7)16-2/h4-6H,3H2,1-2H3,(H,14,15). The van der Waals surface area contributed by atoms with E-state index < -0.39 is 17.7 Å². The average Bonchev–Trinajstić information content (AvgIpc) is 2.16. The van der Waals surface area contributed by atoms with Gasteiger partial charge in [-0.05, 0) is 24.1 Å². The first kappa shape index (κ1) is 13.0. The summed E-state index contributed by atoms with van der Waals surface area (Å²) in [5, 5.41) is 8.80. The van der Waals surface area contributed by atoms with Gasteiger partial charge in [-0.3, -0.25) is 4.79 Å². The molecule has 0 aliphatic carbocycles. The van der Waals surface area contributed by atoms with Gasteiger partial charge in [-0.25, -0.2) is 4.39 Å². The maximum Gasteiger partial charge on any atom is 0.306 e. The molecular formula is C11H12BrFO3. The van der Waals surface area contributed by atoms with Crippen molar-refractivity contribution in [2.24, 2.45) is 5.92 Å². The van der Waals surface area contributed by atoms with Crippen LogP contribution in [0.1, 0.15) is 12.5 Å². The smallest absolute Gasteiger partial charge is 0.306 e. The molecule has 1 aromatic carbocycles. The molecular weight excluding hydrogens is 279 g/mol. The van der Waals surface area contributed by atoms with Gasteiger partial charge in [0, 0.05) is 4.47 Å². The van der Waals surface area contributed by atoms with Crippen molar-refractivity contribution in [3.8, 4) is 5.75 Å². The van der Waals surface area contributed by atoms with Crippen LogP contribution in [0.3, 0.4) is 0 Å². The third-order valence-electron chi connectivity index (χ3n) is 2.24. The fraction of sp³-hybridized carbons (Fsp3) is 0.364. The SMILES string of the molecule is COc1c(F)cc(Br)cc1CC(C)C(=O)O. The van der Waals surface area contributed by atoms with Crippen LogP contribution in [-0.2, 0) is 11.2 Å². The molecule has 0 heterocycles. The zero-order valence-corrected chi connectivity index (χ0v) is 10.5. The molecule has 0 bridgehead atoms. The lowest BCUT2D eigenvalue weighted by Crippen LogP contribution is -2.13. The van der Waals surface area contributed by atoms with Gasteiger partial charge in [-0.1, -0.05) is 22.9 Å². The minimum Gasteiger partial charge on any atom is -0.493 e. The van der Waals surface area contributed by atoms with Gasteiger partial charge in [0.15, 0.2) is 11.6 Å². The first-order valence-corrected chi connectivity index (χ1v) is 5.49. The zero-order valence-electron chi connectivity index (χ0n) is 8.96. The Bertz CT molecular complexity index is 406. The molecule has 1 atom stereocenters. The maximum absolute atomic E-state index is 13.5. The number of carbonyl (C=O) groups is 1. The molecule has 88 valence electrons. The monoisotopic (exact) mass is 290 g/mol. The van der Waals surface area contributed by atoms with Crippen molar-refractivity contribution in [3.63, 3.8) is 0 Å². The molecule has 0 aromatic heterocycles. The van der Waals surface area contributed by atoms with Crippen molar-refractivity contribution >= 4 is 21.9 Å². The lowest BCUT2D eigenvalue weighted by Gasteiger charge is -2.12. The Morgan fingerprint density at radius 3 is 2.75 bits per heavy atom. The van der Waals surface area contributed by atoms with E-state index in [-0.39, 0.29) is 12.2 Å². The summed E-state index contributed by atoms with van der Waals surface area (Å²) in [5.41, 5.74) is 0.546. The summed E-state index contributed by atoms with van der Waals surface area (Å²) in [7, 11) is 1.36. The van der Waals surface area contributed by atoms with E-state index in [2.05, 4.69) is 15.9 Å². The van der Waals surface area contributed by atoms with Gasteiger partial charge in [0.05, 0.1) is 13.0 Å². The van der Waals surface area contributed by atoms with Crippen LogP contribution in [0.25, 0.3) is 0 Å². The molecule has 1 N–H and O–H groups in total. The van der Waals surface area contributed by atoms with E-state index >= 15 is 0 Å². The van der Waals surface area contributed by atoms with Crippen molar-refractivity contribution in [2.45, 2.75) is 13.3 Å². The third-order valence-corrected chi connectivity index (χ3v) is 2.69. The summed E-state index contributed by atoms with van der Waals surface area (Å²) in [6.45, 7) is 1.57. The molecule has 0 amide bonds. The number of hydrogen-bond donors (Lipinski definition) is 1. The number of carboxylic acids is 1. The maximum atomic E-state index is 13.5. The number of benzene rings is 1. The van der Waals surface area contributed by atoms with Crippen molar-refractivity contribution in [3.05, 3.63) is 28.0 Å². The van der Waals surface area contributed by atoms with Crippen molar-refractivity contribution in [2.75, 3.05) is 7.11 Å². The number of aliphatic carboxylic acids is 1. The predicted octanol–water partition coefficient (Wildman–Crippen LogP) is 2.86. The highest BCUT2D eigenvalue weighted by Crippen LogP contribution is 2.29. The topological polar surface area (TPSA) is 46.5 Å². The number of halogens is 2. The molecule has 0 radical (unpaired) electrons. The Labute approximate surface area is 101 Å². The second-order valence-electron chi connectivity index (χ2n) is 3.52. The summed E-state index contributed by atoms with van der Waals surface area (Å²) in [6.07, 6.45) is 0.231. The third kappa shape index (κ3) is 2.95. The molecule has 3 nitrogen and oxygen atoms in total. The number of rotatable bonds is 4. The van der Waals surface area contributed by atoms with Gasteiger partial charge in [-0.2, -0.15) is 0 Å². The summed E-state index contributed by atoms with van der Waals surface area (Å²) in [5.74, 6) is -1.88. The van der Waals surface area contributed by atoms with E-state index in [1.807, 2.05) is 0 Å². The minimum atomic E-state index is -0.914. The highest BCUT2D eigenvalue weighted by Gasteiger charge is 2.17. The first-order chi connectivity index (χ1) is 7.45. The molecule has 1 rings (SSSR count). The summed E-state index contributed by atoms with van der Waals surface area (Å²) >= 11 is 3.16. The van der Waals surface area contributed by atoms with E-state index in [0.717, 1.165) is 0 Å². The van der Waals surface area contributed by atoms with Gasteiger partial charge in [0.1, 0.15) is 0 Å². The van der Waals surface area contributed by atoms with Gasteiger partial charge < -0.3 is 9.84 Å². The minimum absolute atomic E-state index is 0.108. The number of ether oxygens (including phenoxy) is 1. The molecule has 0 saturated heterocycles. The summed E-state index contributed by atoms with van der Waals surface area (Å²) in [6, 6.07) is 2.95. The van der Waals surface area contributed by atoms with Gasteiger partial charge in [-0.15, -0.1) is 0 Å². The van der Waals surface area contributed by atoms with Crippen LogP contribution >= 0.6 is 15.9 Å². The van der Waals surface area contributed by atoms with Crippen molar-refractivity contribution in [1.82, 2.24) is 0 Å². The highest BCUT2D eigenvalue weighted by molar-refractivity contribution is 9.10. The fourth-order valence-corrected chi connectivity index (χ4v) is 1.89. The average molecular weight is 291 g/mol. The molecule has 0 spiro atoms. The second-order valence-corrected chi connectivity index (χ2v) is 4.44. The normalized spacial score (nSPS) is 12.2. The van der Waals surface area contributed by atoms with Crippen molar-refractivity contribution < 1.29 is 19.0 Å². The van der Waals surface area contributed by atoms with Crippen LogP contribution in [0.2, 0.25) is 0 Å². The van der Waals surface area contributed by atoms with E-state index in [1.54, 1.807) is 13.0 Å². The van der Waals surface area contributed by atoms with Crippen molar-refractivity contribution in [1.29, 1.82) is 0 Å². The van der Waals surface area contributed by atoms with Gasteiger partial charge >= 0.3 is 5.97 Å². The van der Waals surface area contributed by atoms with E-state index in [9.17, 15) is 9.18 Å². The van der Waals surface area contributed by atoms with E-state index in [1.165, 1.54) is 13.2 Å². The first-order valence-electron chi connectivity index (χ1n) is 4.70. The lowest BCUT2D eigenvalue weighted by molar-refractivity contribution is -0.141. The van der Waals surface area contributed by atoms with Gasteiger partial charge in [0.25, 0.3) is 0 Å². The molecule has 16 heavy (non-hydrogen) atoms. The van der Waals surface area contributed by atoms with Gasteiger partial charge in [0.2, 0.25) is 0 Å². The largest absolute Gasteiger partial charge is 0.493 e. The van der Waals surface area contributed by atoms with Crippen LogP contribution in [0, 0.1) is 11.7 Å². The Balaban J connectivity index is 3.07. The fourth-order valence-electron chi connectivity index (χ4n) is 1.41. The molecule has 0 saturated carbocycles. The Kier molecular flexibility index (Phi) is 4.29. The molecule has 0 aliphatic heterocycles.